The zero-order chi connectivity index (χ0) is 16.5. The fourth-order valence-electron chi connectivity index (χ4n) is 1.84. The number of hydrogen-bond donors (Lipinski definition) is 2. The van der Waals surface area contributed by atoms with Gasteiger partial charge in [0.2, 0.25) is 5.91 Å². The first-order valence-electron chi connectivity index (χ1n) is 6.85. The molecule has 0 aliphatic heterocycles. The maximum Gasteiger partial charge on any atom is 0.269 e. The summed E-state index contributed by atoms with van der Waals surface area (Å²) >= 11 is 0. The van der Waals surface area contributed by atoms with E-state index in [-0.39, 0.29) is 25.0 Å². The van der Waals surface area contributed by atoms with Gasteiger partial charge in [0, 0.05) is 12.6 Å². The van der Waals surface area contributed by atoms with E-state index < -0.39 is 5.91 Å². The molecule has 22 heavy (non-hydrogen) atoms. The Kier molecular flexibility index (Phi) is 6.88. The number of oxime groups is 1. The van der Waals surface area contributed by atoms with Gasteiger partial charge in [-0.25, -0.2) is 0 Å². The molecule has 1 rings (SSSR count). The lowest BCUT2D eigenvalue weighted by Gasteiger charge is -2.21. The number of carbonyl (C=O) groups is 2. The maximum atomic E-state index is 11.9. The summed E-state index contributed by atoms with van der Waals surface area (Å²) in [5.41, 5.74) is 0.831. The largest absolute Gasteiger partial charge is 0.497 e. The molecule has 0 saturated heterocycles. The summed E-state index contributed by atoms with van der Waals surface area (Å²) < 4.78 is 5.07. The molecule has 0 spiro atoms. The van der Waals surface area contributed by atoms with Gasteiger partial charge in [0.05, 0.1) is 7.11 Å². The number of hydrogen-bond acceptors (Lipinski definition) is 5. The minimum atomic E-state index is -0.544. The first-order chi connectivity index (χ1) is 10.5. The molecule has 120 valence electrons. The third-order valence-electron chi connectivity index (χ3n) is 2.80. The minimum absolute atomic E-state index is 0.0167. The van der Waals surface area contributed by atoms with E-state index >= 15 is 0 Å². The van der Waals surface area contributed by atoms with Gasteiger partial charge >= 0.3 is 0 Å². The Bertz CT molecular complexity index is 526. The zero-order valence-electron chi connectivity index (χ0n) is 12.9. The summed E-state index contributed by atoms with van der Waals surface area (Å²) in [5.74, 6) is -0.114. The fraction of sp³-hybridized carbons (Fsp3) is 0.400. The smallest absolute Gasteiger partial charge is 0.269 e. The van der Waals surface area contributed by atoms with Crippen LogP contribution in [0.3, 0.4) is 0 Å². The summed E-state index contributed by atoms with van der Waals surface area (Å²) in [5, 5.41) is 13.9. The average molecular weight is 307 g/mol. The Hall–Kier alpha value is -2.57. The Morgan fingerprint density at radius 1 is 1.36 bits per heavy atom. The van der Waals surface area contributed by atoms with Gasteiger partial charge in [0.25, 0.3) is 5.91 Å². The van der Waals surface area contributed by atoms with Crippen LogP contribution in [-0.2, 0) is 16.1 Å². The third kappa shape index (κ3) is 5.82. The normalized spacial score (nSPS) is 10.7. The highest BCUT2D eigenvalue weighted by Gasteiger charge is 2.17. The van der Waals surface area contributed by atoms with Crippen LogP contribution < -0.4 is 10.1 Å². The Morgan fingerprint density at radius 2 is 2.00 bits per heavy atom. The predicted molar refractivity (Wildman–Crippen MR) is 82.0 cm³/mol. The van der Waals surface area contributed by atoms with Gasteiger partial charge < -0.3 is 20.2 Å². The topological polar surface area (TPSA) is 91.2 Å². The number of benzene rings is 1. The van der Waals surface area contributed by atoms with Crippen molar-refractivity contribution in [3.63, 3.8) is 0 Å². The van der Waals surface area contributed by atoms with Crippen LogP contribution in [-0.4, -0.2) is 47.8 Å². The summed E-state index contributed by atoms with van der Waals surface area (Å²) in [6.07, 6.45) is 0.770. The summed E-state index contributed by atoms with van der Waals surface area (Å²) in [7, 11) is 1.57. The number of amides is 2. The Labute approximate surface area is 129 Å². The van der Waals surface area contributed by atoms with Crippen molar-refractivity contribution in [2.24, 2.45) is 5.16 Å². The molecule has 7 nitrogen and oxygen atoms in total. The predicted octanol–water partition coefficient (Wildman–Crippen LogP) is 1.01. The summed E-state index contributed by atoms with van der Waals surface area (Å²) in [4.78, 5) is 25.0. The molecule has 1 aromatic carbocycles. The van der Waals surface area contributed by atoms with Crippen molar-refractivity contribution in [2.45, 2.75) is 26.4 Å². The van der Waals surface area contributed by atoms with Gasteiger partial charge in [-0.05, 0) is 31.5 Å². The van der Waals surface area contributed by atoms with E-state index in [1.165, 1.54) is 4.90 Å². The number of rotatable bonds is 7. The van der Waals surface area contributed by atoms with Gasteiger partial charge in [-0.3, -0.25) is 9.59 Å². The molecule has 2 amide bonds. The van der Waals surface area contributed by atoms with Crippen molar-refractivity contribution >= 4 is 18.0 Å². The quantitative estimate of drug-likeness (QED) is 0.447. The molecule has 0 fully saturated rings. The lowest BCUT2D eigenvalue weighted by atomic mass is 10.2. The number of nitrogens with zero attached hydrogens (tertiary/aromatic N) is 2. The van der Waals surface area contributed by atoms with Crippen LogP contribution in [0.2, 0.25) is 0 Å². The number of ether oxygens (including phenoxy) is 1. The summed E-state index contributed by atoms with van der Waals surface area (Å²) in [6.45, 7) is 3.78. The van der Waals surface area contributed by atoms with Crippen LogP contribution >= 0.6 is 0 Å². The third-order valence-corrected chi connectivity index (χ3v) is 2.80. The highest BCUT2D eigenvalue weighted by molar-refractivity contribution is 6.26. The van der Waals surface area contributed by atoms with Crippen molar-refractivity contribution in [1.82, 2.24) is 10.2 Å². The van der Waals surface area contributed by atoms with Crippen LogP contribution in [0.15, 0.2) is 29.4 Å². The van der Waals surface area contributed by atoms with E-state index in [0.717, 1.165) is 11.8 Å². The van der Waals surface area contributed by atoms with Crippen LogP contribution in [0, 0.1) is 0 Å². The van der Waals surface area contributed by atoms with E-state index in [2.05, 4.69) is 10.5 Å². The standard InChI is InChI=1S/C15H21N3O4/c1-11(2)17-14(19)10-18(15(20)8-16-21)9-12-4-6-13(22-3)7-5-12/h4-8,11,21H,9-10H2,1-3H3,(H,17,19)/b16-8+. The highest BCUT2D eigenvalue weighted by Crippen LogP contribution is 2.13. The van der Waals surface area contributed by atoms with Crippen molar-refractivity contribution in [3.8, 4) is 5.75 Å². The molecule has 7 heteroatoms. The first-order valence-corrected chi connectivity index (χ1v) is 6.85. The second-order valence-electron chi connectivity index (χ2n) is 5.01. The van der Waals surface area contributed by atoms with Gasteiger partial charge in [-0.1, -0.05) is 17.3 Å². The molecule has 1 aromatic rings. The Balaban J connectivity index is 2.80. The molecular weight excluding hydrogens is 286 g/mol. The van der Waals surface area contributed by atoms with Crippen molar-refractivity contribution < 1.29 is 19.5 Å². The van der Waals surface area contributed by atoms with E-state index in [1.54, 1.807) is 31.4 Å². The minimum Gasteiger partial charge on any atom is -0.497 e. The van der Waals surface area contributed by atoms with Crippen molar-refractivity contribution in [2.75, 3.05) is 13.7 Å². The second kappa shape index (κ2) is 8.66. The molecular formula is C15H21N3O4. The molecule has 0 radical (unpaired) electrons. The van der Waals surface area contributed by atoms with Crippen LogP contribution in [0.5, 0.6) is 5.75 Å². The number of carbonyl (C=O) groups excluding carboxylic acids is 2. The van der Waals surface area contributed by atoms with E-state index in [4.69, 9.17) is 9.94 Å². The molecule has 0 heterocycles. The van der Waals surface area contributed by atoms with E-state index in [1.807, 2.05) is 13.8 Å². The monoisotopic (exact) mass is 307 g/mol. The molecule has 0 atom stereocenters. The zero-order valence-corrected chi connectivity index (χ0v) is 12.9. The maximum absolute atomic E-state index is 11.9. The van der Waals surface area contributed by atoms with Gasteiger partial charge in [-0.2, -0.15) is 0 Å². The first kappa shape index (κ1) is 17.5. The highest BCUT2D eigenvalue weighted by atomic mass is 16.5. The summed E-state index contributed by atoms with van der Waals surface area (Å²) in [6, 6.07) is 7.13. The lowest BCUT2D eigenvalue weighted by Crippen LogP contribution is -2.42. The van der Waals surface area contributed by atoms with Gasteiger partial charge in [0.15, 0.2) is 0 Å². The molecule has 0 aliphatic rings. The number of nitrogens with one attached hydrogen (secondary N) is 1. The fourth-order valence-corrected chi connectivity index (χ4v) is 1.84. The SMILES string of the molecule is COc1ccc(CN(CC(=O)NC(C)C)C(=O)/C=N/O)cc1. The molecule has 0 saturated carbocycles. The molecule has 0 bridgehead atoms. The second-order valence-corrected chi connectivity index (χ2v) is 5.01. The lowest BCUT2D eigenvalue weighted by molar-refractivity contribution is -0.131. The van der Waals surface area contributed by atoms with Crippen LogP contribution in [0.4, 0.5) is 0 Å². The Morgan fingerprint density at radius 3 is 2.50 bits per heavy atom. The molecule has 2 N–H and O–H groups in total. The van der Waals surface area contributed by atoms with Crippen LogP contribution in [0.1, 0.15) is 19.4 Å². The van der Waals surface area contributed by atoms with Gasteiger partial charge in [0.1, 0.15) is 18.5 Å². The van der Waals surface area contributed by atoms with E-state index in [0.29, 0.717) is 5.75 Å². The van der Waals surface area contributed by atoms with Gasteiger partial charge in [-0.15, -0.1) is 0 Å². The average Bonchev–Trinajstić information content (AvgIpc) is 2.46. The van der Waals surface area contributed by atoms with Crippen molar-refractivity contribution in [3.05, 3.63) is 29.8 Å². The molecule has 0 aliphatic carbocycles. The van der Waals surface area contributed by atoms with Crippen LogP contribution in [0.25, 0.3) is 0 Å². The number of methoxy groups -OCH3 is 1. The van der Waals surface area contributed by atoms with E-state index in [9.17, 15) is 9.59 Å². The van der Waals surface area contributed by atoms with Crippen molar-refractivity contribution in [1.29, 1.82) is 0 Å². The molecule has 0 aromatic heterocycles. The molecule has 0 unspecified atom stereocenters.